The summed E-state index contributed by atoms with van der Waals surface area (Å²) in [5, 5.41) is 8.26. The summed E-state index contributed by atoms with van der Waals surface area (Å²) in [7, 11) is 3.64. The molecule has 0 spiro atoms. The summed E-state index contributed by atoms with van der Waals surface area (Å²) < 4.78 is 9.89. The molecule has 2 aromatic rings. The molecule has 2 heterocycles. The van der Waals surface area contributed by atoms with Gasteiger partial charge in [-0.3, -0.25) is 0 Å². The largest absolute Gasteiger partial charge is 4.00 e. The van der Waals surface area contributed by atoms with Gasteiger partial charge in [-0.1, -0.05) is 47.5 Å². The topological polar surface area (TPSA) is 46.7 Å². The van der Waals surface area contributed by atoms with E-state index in [2.05, 4.69) is 50.5 Å². The van der Waals surface area contributed by atoms with E-state index in [9.17, 15) is 0 Å². The second-order valence-corrected chi connectivity index (χ2v) is 7.52. The average Bonchev–Trinajstić information content (AvgIpc) is 3.52. The molecule has 0 radical (unpaired) electrons. The molecule has 4 rings (SSSR count). The minimum Gasteiger partial charge on any atom is -1.00 e. The van der Waals surface area contributed by atoms with Crippen molar-refractivity contribution in [1.29, 1.82) is 0 Å². The minimum atomic E-state index is 0. The molecule has 4 nitrogen and oxygen atoms in total. The summed E-state index contributed by atoms with van der Waals surface area (Å²) >= 11 is 0. The van der Waals surface area contributed by atoms with Crippen molar-refractivity contribution >= 4 is 11.4 Å². The number of benzene rings is 2. The molecule has 2 fully saturated rings. The maximum absolute atomic E-state index is 4.94. The average molecular weight is 620 g/mol. The summed E-state index contributed by atoms with van der Waals surface area (Å²) in [6, 6.07) is 12.3. The predicted octanol–water partition coefficient (Wildman–Crippen LogP) is 1.48. The van der Waals surface area contributed by atoms with Crippen LogP contribution in [0.2, 0.25) is 0 Å². The molecule has 0 atom stereocenters. The van der Waals surface area contributed by atoms with E-state index in [1.165, 1.54) is 47.9 Å². The number of hydrogen-bond donors (Lipinski definition) is 0. The van der Waals surface area contributed by atoms with Crippen molar-refractivity contribution in [2.45, 2.75) is 53.4 Å². The van der Waals surface area contributed by atoms with Gasteiger partial charge in [0.15, 0.2) is 0 Å². The van der Waals surface area contributed by atoms with E-state index in [1.807, 2.05) is 38.4 Å². The van der Waals surface area contributed by atoms with Crippen molar-refractivity contribution in [3.05, 3.63) is 69.3 Å². The zero-order valence-electron chi connectivity index (χ0n) is 21.1. The minimum absolute atomic E-state index is 0. The molecule has 2 aliphatic rings. The second kappa shape index (κ2) is 23.4. The monoisotopic (exact) mass is 618 g/mol. The quantitative estimate of drug-likeness (QED) is 0.479. The van der Waals surface area contributed by atoms with Gasteiger partial charge in [-0.25, -0.2) is 0 Å². The van der Waals surface area contributed by atoms with E-state index in [1.54, 1.807) is 0 Å². The summed E-state index contributed by atoms with van der Waals surface area (Å²) in [5.74, 6) is 0. The van der Waals surface area contributed by atoms with Crippen molar-refractivity contribution in [2.75, 3.05) is 40.5 Å². The Bertz CT molecular complexity index is 649. The fourth-order valence-electron chi connectivity index (χ4n) is 2.98. The van der Waals surface area contributed by atoms with Gasteiger partial charge in [0.1, 0.15) is 0 Å². The zero-order chi connectivity index (χ0) is 22.2. The number of aryl methyl sites for hydroxylation is 2. The van der Waals surface area contributed by atoms with Gasteiger partial charge in [-0.15, -0.1) is 25.5 Å². The molecule has 0 aromatic heterocycles. The Labute approximate surface area is 238 Å². The Hall–Kier alpha value is -0.366. The maximum atomic E-state index is 4.94. The van der Waals surface area contributed by atoms with Gasteiger partial charge >= 0.3 is 21.7 Å². The van der Waals surface area contributed by atoms with Crippen molar-refractivity contribution in [3.8, 4) is 0 Å². The van der Waals surface area contributed by atoms with Crippen molar-refractivity contribution < 1.29 is 65.2 Å². The van der Waals surface area contributed by atoms with E-state index < -0.39 is 0 Å². The second-order valence-electron chi connectivity index (χ2n) is 7.52. The third kappa shape index (κ3) is 16.0. The molecule has 2 aliphatic heterocycles. The zero-order valence-corrected chi connectivity index (χ0v) is 25.8. The molecule has 33 heavy (non-hydrogen) atoms. The maximum Gasteiger partial charge on any atom is 4.00 e. The number of ether oxygens (including phenoxy) is 2. The first-order valence-corrected chi connectivity index (χ1v) is 11.0. The van der Waals surface area contributed by atoms with Crippen LogP contribution in [0.15, 0.2) is 36.4 Å². The Morgan fingerprint density at radius 1 is 0.576 bits per heavy atom. The summed E-state index contributed by atoms with van der Waals surface area (Å²) in [6.07, 6.45) is 5.11. The van der Waals surface area contributed by atoms with Crippen LogP contribution in [0.4, 0.5) is 11.4 Å². The van der Waals surface area contributed by atoms with Crippen LogP contribution in [-0.2, 0) is 31.2 Å². The van der Waals surface area contributed by atoms with Crippen LogP contribution >= 0.6 is 0 Å². The number of hydrogen-bond acceptors (Lipinski definition) is 2. The summed E-state index contributed by atoms with van der Waals surface area (Å²) in [6.45, 7) is 12.4. The first-order valence-electron chi connectivity index (χ1n) is 11.0. The van der Waals surface area contributed by atoms with Gasteiger partial charge in [0.2, 0.25) is 0 Å². The van der Waals surface area contributed by atoms with E-state index >= 15 is 0 Å². The van der Waals surface area contributed by atoms with E-state index in [0.29, 0.717) is 0 Å². The third-order valence-electron chi connectivity index (χ3n) is 5.29. The van der Waals surface area contributed by atoms with Crippen molar-refractivity contribution in [3.63, 3.8) is 0 Å². The molecule has 0 saturated carbocycles. The van der Waals surface area contributed by atoms with E-state index in [4.69, 9.17) is 9.47 Å². The summed E-state index contributed by atoms with van der Waals surface area (Å²) in [5.41, 5.74) is 7.38. The molecule has 0 amide bonds. The number of halogens is 2. The van der Waals surface area contributed by atoms with E-state index in [-0.39, 0.29) is 55.7 Å². The molecule has 2 saturated heterocycles. The van der Waals surface area contributed by atoms with Gasteiger partial charge in [-0.2, -0.15) is 0 Å². The first-order chi connectivity index (χ1) is 14.5. The van der Waals surface area contributed by atoms with Crippen LogP contribution in [0.1, 0.15) is 47.9 Å². The van der Waals surface area contributed by atoms with Gasteiger partial charge in [0.05, 0.1) is 0 Å². The molecular formula is C26H40Br2N2O2Ti. The molecule has 0 bridgehead atoms. The Kier molecular flexibility index (Phi) is 26.3. The van der Waals surface area contributed by atoms with Crippen molar-refractivity contribution in [2.24, 2.45) is 0 Å². The summed E-state index contributed by atoms with van der Waals surface area (Å²) in [4.78, 5) is 0. The molecule has 0 unspecified atom stereocenters. The Morgan fingerprint density at radius 2 is 0.879 bits per heavy atom. The molecule has 0 aliphatic carbocycles. The smallest absolute Gasteiger partial charge is 1.00 e. The third-order valence-corrected chi connectivity index (χ3v) is 5.29. The van der Waals surface area contributed by atoms with Crippen LogP contribution in [-0.4, -0.2) is 40.5 Å². The SMILES string of the molecule is C1CCOC1.C1CCOC1.C[N-]c1cccc(C)c1C.C[N-]c1cccc(C)c1C.[Br-].[Br-].[Ti+4]. The molecule has 0 N–H and O–H groups in total. The van der Waals surface area contributed by atoms with Gasteiger partial charge < -0.3 is 54.1 Å². The Balaban J connectivity index is -0.000000368. The molecule has 7 heteroatoms. The first kappa shape index (κ1) is 37.2. The molecule has 184 valence electrons. The van der Waals surface area contributed by atoms with Gasteiger partial charge in [-0.05, 0) is 64.5 Å². The van der Waals surface area contributed by atoms with Crippen LogP contribution in [0.5, 0.6) is 0 Å². The van der Waals surface area contributed by atoms with Crippen LogP contribution in [0, 0.1) is 27.7 Å². The number of rotatable bonds is 2. The fourth-order valence-corrected chi connectivity index (χ4v) is 2.98. The normalized spacial score (nSPS) is 13.0. The Morgan fingerprint density at radius 3 is 1.06 bits per heavy atom. The van der Waals surface area contributed by atoms with E-state index in [0.717, 1.165) is 37.8 Å². The van der Waals surface area contributed by atoms with Crippen LogP contribution in [0.25, 0.3) is 10.6 Å². The molecule has 2 aromatic carbocycles. The van der Waals surface area contributed by atoms with Crippen molar-refractivity contribution in [1.82, 2.24) is 0 Å². The fraction of sp³-hybridized carbons (Fsp3) is 0.538. The van der Waals surface area contributed by atoms with Gasteiger partial charge in [0.25, 0.3) is 0 Å². The molecular weight excluding hydrogens is 580 g/mol. The van der Waals surface area contributed by atoms with Crippen LogP contribution < -0.4 is 34.0 Å². The standard InChI is InChI=1S/2C9H12N.2C4H8O.2BrH.Ti/c2*1-7-5-4-6-9(10-3)8(7)2;2*1-2-4-5-3-1;;;/h2*4-6H,1-3H3;2*1-4H2;2*1H;/q2*-1;;;;;+4/p-2. The predicted molar refractivity (Wildman–Crippen MR) is 130 cm³/mol. The number of nitrogens with zero attached hydrogens (tertiary/aromatic N) is 2. The van der Waals surface area contributed by atoms with Gasteiger partial charge in [0, 0.05) is 26.4 Å². The van der Waals surface area contributed by atoms with Crippen LogP contribution in [0.3, 0.4) is 0 Å².